The molecule has 0 saturated carbocycles. The second-order valence-corrected chi connectivity index (χ2v) is 7.64. The molecule has 142 valence electrons. The lowest BCUT2D eigenvalue weighted by molar-refractivity contribution is -0.131. The predicted molar refractivity (Wildman–Crippen MR) is 112 cm³/mol. The highest BCUT2D eigenvalue weighted by molar-refractivity contribution is 6.31. The Hall–Kier alpha value is -2.65. The van der Waals surface area contributed by atoms with Gasteiger partial charge >= 0.3 is 0 Å². The van der Waals surface area contributed by atoms with Crippen LogP contribution in [0.4, 0.5) is 0 Å². The molecule has 1 amide bonds. The number of carbonyl (C=O) groups is 1. The first-order chi connectivity index (χ1) is 13.7. The lowest BCUT2D eigenvalue weighted by atomic mass is 10.1. The van der Waals surface area contributed by atoms with Gasteiger partial charge in [0.05, 0.1) is 18.2 Å². The third-order valence-electron chi connectivity index (χ3n) is 5.27. The van der Waals surface area contributed by atoms with Crippen molar-refractivity contribution >= 4 is 17.5 Å². The van der Waals surface area contributed by atoms with E-state index in [0.717, 1.165) is 46.9 Å². The van der Waals surface area contributed by atoms with E-state index in [4.69, 9.17) is 16.6 Å². The zero-order valence-corrected chi connectivity index (χ0v) is 16.5. The van der Waals surface area contributed by atoms with Crippen LogP contribution in [0, 0.1) is 0 Å². The highest BCUT2D eigenvalue weighted by Crippen LogP contribution is 2.32. The van der Waals surface area contributed by atoms with Crippen molar-refractivity contribution in [2.45, 2.75) is 31.7 Å². The minimum atomic E-state index is 0.0578. The molecule has 1 aliphatic heterocycles. The van der Waals surface area contributed by atoms with Crippen molar-refractivity contribution in [1.82, 2.24) is 9.88 Å². The Labute approximate surface area is 171 Å². The van der Waals surface area contributed by atoms with Crippen LogP contribution >= 0.6 is 11.6 Å². The van der Waals surface area contributed by atoms with Crippen LogP contribution < -0.4 is 0 Å². The van der Waals surface area contributed by atoms with Crippen molar-refractivity contribution in [2.24, 2.45) is 0 Å². The number of rotatable bonds is 5. The fraction of sp³-hybridized carbons (Fsp3) is 0.250. The summed E-state index contributed by atoms with van der Waals surface area (Å²) in [4.78, 5) is 19.8. The summed E-state index contributed by atoms with van der Waals surface area (Å²) in [6, 6.07) is 24.0. The molecule has 1 atom stereocenters. The van der Waals surface area contributed by atoms with Gasteiger partial charge in [0, 0.05) is 23.7 Å². The Morgan fingerprint density at radius 3 is 2.61 bits per heavy atom. The fourth-order valence-electron chi connectivity index (χ4n) is 3.86. The molecule has 0 bridgehead atoms. The molecule has 1 aliphatic rings. The van der Waals surface area contributed by atoms with Gasteiger partial charge in [-0.3, -0.25) is 9.78 Å². The van der Waals surface area contributed by atoms with Crippen LogP contribution in [0.15, 0.2) is 72.8 Å². The van der Waals surface area contributed by atoms with Gasteiger partial charge in [-0.15, -0.1) is 0 Å². The largest absolute Gasteiger partial charge is 0.334 e. The fourth-order valence-corrected chi connectivity index (χ4v) is 4.07. The molecular formula is C24H23ClN2O. The molecule has 4 rings (SSSR count). The van der Waals surface area contributed by atoms with Gasteiger partial charge in [0.2, 0.25) is 5.91 Å². The second kappa shape index (κ2) is 8.57. The topological polar surface area (TPSA) is 33.2 Å². The van der Waals surface area contributed by atoms with Gasteiger partial charge in [0.15, 0.2) is 0 Å². The van der Waals surface area contributed by atoms with Crippen LogP contribution in [0.1, 0.15) is 41.4 Å². The van der Waals surface area contributed by atoms with Gasteiger partial charge < -0.3 is 4.90 Å². The molecule has 3 aromatic rings. The third-order valence-corrected chi connectivity index (χ3v) is 5.64. The zero-order valence-electron chi connectivity index (χ0n) is 15.7. The summed E-state index contributed by atoms with van der Waals surface area (Å²) in [5.41, 5.74) is 4.08. The summed E-state index contributed by atoms with van der Waals surface area (Å²) in [5.74, 6) is 0.173. The summed E-state index contributed by atoms with van der Waals surface area (Å²) >= 11 is 6.30. The van der Waals surface area contributed by atoms with Gasteiger partial charge in [0.1, 0.15) is 0 Å². The van der Waals surface area contributed by atoms with E-state index in [1.54, 1.807) is 0 Å². The van der Waals surface area contributed by atoms with Crippen molar-refractivity contribution in [2.75, 3.05) is 6.54 Å². The maximum absolute atomic E-state index is 12.9. The zero-order chi connectivity index (χ0) is 19.3. The van der Waals surface area contributed by atoms with Crippen LogP contribution in [0.3, 0.4) is 0 Å². The summed E-state index contributed by atoms with van der Waals surface area (Å²) in [7, 11) is 0. The standard InChI is InChI=1S/C24H23ClN2O/c25-21-12-5-4-10-19(21)17-20-11-6-13-22(26-20)23-14-7-15-27(23)24(28)16-18-8-2-1-3-9-18/h1-6,8-13,23H,7,14-17H2/t23-/m1/s1. The number of hydrogen-bond donors (Lipinski definition) is 0. The van der Waals surface area contributed by atoms with Crippen molar-refractivity contribution in [3.8, 4) is 0 Å². The summed E-state index contributed by atoms with van der Waals surface area (Å²) in [5, 5.41) is 0.759. The monoisotopic (exact) mass is 390 g/mol. The van der Waals surface area contributed by atoms with Crippen molar-refractivity contribution in [3.05, 3.63) is 100 Å². The minimum Gasteiger partial charge on any atom is -0.334 e. The lowest BCUT2D eigenvalue weighted by Crippen LogP contribution is -2.32. The quantitative estimate of drug-likeness (QED) is 0.597. The van der Waals surface area contributed by atoms with E-state index < -0.39 is 0 Å². The number of benzene rings is 2. The van der Waals surface area contributed by atoms with Crippen LogP contribution in [0.25, 0.3) is 0 Å². The van der Waals surface area contributed by atoms with Gasteiger partial charge in [-0.2, -0.15) is 0 Å². The number of aromatic nitrogens is 1. The van der Waals surface area contributed by atoms with Gasteiger partial charge in [-0.1, -0.05) is 66.2 Å². The van der Waals surface area contributed by atoms with E-state index in [0.29, 0.717) is 12.8 Å². The Morgan fingerprint density at radius 2 is 1.79 bits per heavy atom. The molecule has 0 aliphatic carbocycles. The number of amides is 1. The van der Waals surface area contributed by atoms with E-state index in [2.05, 4.69) is 0 Å². The second-order valence-electron chi connectivity index (χ2n) is 7.23. The Kier molecular flexibility index (Phi) is 5.73. The van der Waals surface area contributed by atoms with E-state index in [1.165, 1.54) is 0 Å². The van der Waals surface area contributed by atoms with Crippen LogP contribution in [-0.2, 0) is 17.6 Å². The lowest BCUT2D eigenvalue weighted by Gasteiger charge is -2.25. The summed E-state index contributed by atoms with van der Waals surface area (Å²) in [6.07, 6.45) is 3.11. The van der Waals surface area contributed by atoms with Crippen LogP contribution in [-0.4, -0.2) is 22.3 Å². The van der Waals surface area contributed by atoms with Gasteiger partial charge in [-0.25, -0.2) is 0 Å². The average Bonchev–Trinajstić information content (AvgIpc) is 3.21. The van der Waals surface area contributed by atoms with Crippen LogP contribution in [0.2, 0.25) is 5.02 Å². The van der Waals surface area contributed by atoms with E-state index in [9.17, 15) is 4.79 Å². The number of likely N-dealkylation sites (tertiary alicyclic amines) is 1. The minimum absolute atomic E-state index is 0.0578. The number of carbonyl (C=O) groups excluding carboxylic acids is 1. The predicted octanol–water partition coefficient (Wildman–Crippen LogP) is 5.23. The summed E-state index contributed by atoms with van der Waals surface area (Å²) in [6.45, 7) is 0.798. The van der Waals surface area contributed by atoms with Crippen molar-refractivity contribution < 1.29 is 4.79 Å². The molecule has 2 aromatic carbocycles. The molecule has 0 spiro atoms. The molecule has 0 unspecified atom stereocenters. The smallest absolute Gasteiger partial charge is 0.227 e. The average molecular weight is 391 g/mol. The Balaban J connectivity index is 1.51. The molecule has 0 radical (unpaired) electrons. The Bertz CT molecular complexity index is 958. The number of halogens is 1. The molecule has 4 heteroatoms. The molecular weight excluding hydrogens is 368 g/mol. The van der Waals surface area contributed by atoms with E-state index in [-0.39, 0.29) is 11.9 Å². The normalized spacial score (nSPS) is 16.3. The Morgan fingerprint density at radius 1 is 1.00 bits per heavy atom. The van der Waals surface area contributed by atoms with Crippen molar-refractivity contribution in [1.29, 1.82) is 0 Å². The maximum Gasteiger partial charge on any atom is 0.227 e. The summed E-state index contributed by atoms with van der Waals surface area (Å²) < 4.78 is 0. The number of nitrogens with zero attached hydrogens (tertiary/aromatic N) is 2. The molecule has 1 saturated heterocycles. The third kappa shape index (κ3) is 4.26. The number of hydrogen-bond acceptors (Lipinski definition) is 2. The van der Waals surface area contributed by atoms with Crippen LogP contribution in [0.5, 0.6) is 0 Å². The van der Waals surface area contributed by atoms with E-state index >= 15 is 0 Å². The molecule has 1 fully saturated rings. The highest BCUT2D eigenvalue weighted by Gasteiger charge is 2.30. The molecule has 28 heavy (non-hydrogen) atoms. The van der Waals surface area contributed by atoms with Gasteiger partial charge in [0.25, 0.3) is 0 Å². The first-order valence-corrected chi connectivity index (χ1v) is 10.1. The van der Waals surface area contributed by atoms with E-state index in [1.807, 2.05) is 77.7 Å². The molecule has 0 N–H and O–H groups in total. The first kappa shape index (κ1) is 18.7. The van der Waals surface area contributed by atoms with Gasteiger partial charge in [-0.05, 0) is 42.2 Å². The SMILES string of the molecule is O=C(Cc1ccccc1)N1CCC[C@@H]1c1cccc(Cc2ccccc2Cl)n1. The number of pyridine rings is 1. The van der Waals surface area contributed by atoms with Crippen molar-refractivity contribution in [3.63, 3.8) is 0 Å². The first-order valence-electron chi connectivity index (χ1n) is 9.73. The molecule has 2 heterocycles. The highest BCUT2D eigenvalue weighted by atomic mass is 35.5. The molecule has 3 nitrogen and oxygen atoms in total. The maximum atomic E-state index is 12.9. The molecule has 1 aromatic heterocycles.